The molecule has 0 fully saturated rings. The summed E-state index contributed by atoms with van der Waals surface area (Å²) in [5, 5.41) is 15.8. The third kappa shape index (κ3) is 3.59. The third-order valence-corrected chi connectivity index (χ3v) is 3.84. The molecule has 1 heterocycles. The van der Waals surface area contributed by atoms with Crippen molar-refractivity contribution in [3.8, 4) is 6.07 Å². The second-order valence-corrected chi connectivity index (χ2v) is 5.72. The fraction of sp³-hybridized carbons (Fsp3) is 0.105. The number of rotatable bonds is 4. The Balaban J connectivity index is 1.87. The second-order valence-electron chi connectivity index (χ2n) is 5.72. The molecule has 0 unspecified atom stereocenters. The number of nitriles is 1. The standard InChI is InChI=1S/C19H14F2N4O/c1-12-10-23-25(11-15-8-16(20)5-6-17(15)21)18(12)24-19(26)14-4-2-3-13(7-14)9-22/h2-8,10H,11H2,1H3,(H,24,26). The normalized spacial score (nSPS) is 10.4. The Morgan fingerprint density at radius 1 is 1.27 bits per heavy atom. The van der Waals surface area contributed by atoms with Gasteiger partial charge in [0.05, 0.1) is 24.4 Å². The van der Waals surface area contributed by atoms with Gasteiger partial charge in [-0.1, -0.05) is 6.07 Å². The summed E-state index contributed by atoms with van der Waals surface area (Å²) in [6.45, 7) is 1.71. The van der Waals surface area contributed by atoms with Crippen LogP contribution in [0.15, 0.2) is 48.7 Å². The molecule has 0 aliphatic heterocycles. The second kappa shape index (κ2) is 7.15. The molecule has 3 rings (SSSR count). The summed E-state index contributed by atoms with van der Waals surface area (Å²) in [6, 6.07) is 11.4. The molecule has 7 heteroatoms. The zero-order valence-electron chi connectivity index (χ0n) is 13.8. The van der Waals surface area contributed by atoms with Crippen LogP contribution in [0.1, 0.15) is 27.0 Å². The van der Waals surface area contributed by atoms with E-state index in [2.05, 4.69) is 10.4 Å². The highest BCUT2D eigenvalue weighted by molar-refractivity contribution is 6.04. The van der Waals surface area contributed by atoms with Crippen LogP contribution in [-0.2, 0) is 6.54 Å². The van der Waals surface area contributed by atoms with Gasteiger partial charge in [0.1, 0.15) is 17.5 Å². The molecule has 1 amide bonds. The Morgan fingerprint density at radius 2 is 2.08 bits per heavy atom. The molecule has 0 radical (unpaired) electrons. The van der Waals surface area contributed by atoms with Gasteiger partial charge in [0, 0.05) is 16.7 Å². The van der Waals surface area contributed by atoms with Gasteiger partial charge in [-0.05, 0) is 43.3 Å². The van der Waals surface area contributed by atoms with Crippen LogP contribution in [0, 0.1) is 29.9 Å². The fourth-order valence-corrected chi connectivity index (χ4v) is 2.50. The van der Waals surface area contributed by atoms with E-state index < -0.39 is 17.5 Å². The molecule has 26 heavy (non-hydrogen) atoms. The minimum atomic E-state index is -0.557. The van der Waals surface area contributed by atoms with E-state index in [1.807, 2.05) is 6.07 Å². The molecule has 0 atom stereocenters. The molecule has 0 spiro atoms. The lowest BCUT2D eigenvalue weighted by atomic mass is 10.1. The van der Waals surface area contributed by atoms with E-state index in [0.717, 1.165) is 18.2 Å². The monoisotopic (exact) mass is 352 g/mol. The van der Waals surface area contributed by atoms with Crippen molar-refractivity contribution in [3.63, 3.8) is 0 Å². The Kier molecular flexibility index (Phi) is 4.76. The van der Waals surface area contributed by atoms with Crippen molar-refractivity contribution >= 4 is 11.7 Å². The van der Waals surface area contributed by atoms with Crippen LogP contribution in [0.5, 0.6) is 0 Å². The van der Waals surface area contributed by atoms with Crippen molar-refractivity contribution in [2.75, 3.05) is 5.32 Å². The lowest BCUT2D eigenvalue weighted by molar-refractivity contribution is 0.102. The maximum atomic E-state index is 13.9. The number of anilines is 1. The quantitative estimate of drug-likeness (QED) is 0.779. The van der Waals surface area contributed by atoms with Gasteiger partial charge >= 0.3 is 0 Å². The van der Waals surface area contributed by atoms with Gasteiger partial charge in [-0.2, -0.15) is 10.4 Å². The fourth-order valence-electron chi connectivity index (χ4n) is 2.50. The zero-order valence-corrected chi connectivity index (χ0v) is 13.8. The van der Waals surface area contributed by atoms with Crippen LogP contribution in [0.25, 0.3) is 0 Å². The molecular weight excluding hydrogens is 338 g/mol. The van der Waals surface area contributed by atoms with E-state index in [0.29, 0.717) is 22.5 Å². The smallest absolute Gasteiger partial charge is 0.256 e. The number of hydrogen-bond acceptors (Lipinski definition) is 3. The predicted octanol–water partition coefficient (Wildman–Crippen LogP) is 3.64. The highest BCUT2D eigenvalue weighted by atomic mass is 19.1. The average molecular weight is 352 g/mol. The highest BCUT2D eigenvalue weighted by Gasteiger charge is 2.15. The molecule has 3 aromatic rings. The van der Waals surface area contributed by atoms with Crippen molar-refractivity contribution in [1.29, 1.82) is 5.26 Å². The number of halogens is 2. The van der Waals surface area contributed by atoms with Gasteiger partial charge in [0.2, 0.25) is 0 Å². The van der Waals surface area contributed by atoms with Crippen LogP contribution < -0.4 is 5.32 Å². The van der Waals surface area contributed by atoms with E-state index in [9.17, 15) is 13.6 Å². The predicted molar refractivity (Wildman–Crippen MR) is 91.5 cm³/mol. The molecule has 0 aliphatic rings. The highest BCUT2D eigenvalue weighted by Crippen LogP contribution is 2.19. The first-order chi connectivity index (χ1) is 12.5. The number of aryl methyl sites for hydroxylation is 1. The lowest BCUT2D eigenvalue weighted by Gasteiger charge is -2.11. The summed E-state index contributed by atoms with van der Waals surface area (Å²) in [5.41, 5.74) is 1.47. The summed E-state index contributed by atoms with van der Waals surface area (Å²) in [5.74, 6) is -1.16. The minimum Gasteiger partial charge on any atom is -0.307 e. The molecule has 0 bridgehead atoms. The number of carbonyl (C=O) groups excluding carboxylic acids is 1. The lowest BCUT2D eigenvalue weighted by Crippen LogP contribution is -2.17. The molecule has 5 nitrogen and oxygen atoms in total. The van der Waals surface area contributed by atoms with Gasteiger partial charge < -0.3 is 5.32 Å². The average Bonchev–Trinajstić information content (AvgIpc) is 2.98. The number of carbonyl (C=O) groups is 1. The number of benzene rings is 2. The van der Waals surface area contributed by atoms with Gasteiger partial charge in [-0.25, -0.2) is 13.5 Å². The Bertz CT molecular complexity index is 1020. The first kappa shape index (κ1) is 17.3. The van der Waals surface area contributed by atoms with E-state index in [4.69, 9.17) is 5.26 Å². The molecular formula is C19H14F2N4O. The van der Waals surface area contributed by atoms with Crippen LogP contribution >= 0.6 is 0 Å². The van der Waals surface area contributed by atoms with Crippen LogP contribution in [0.3, 0.4) is 0 Å². The van der Waals surface area contributed by atoms with Gasteiger partial charge in [0.15, 0.2) is 0 Å². The summed E-state index contributed by atoms with van der Waals surface area (Å²) >= 11 is 0. The number of hydrogen-bond donors (Lipinski definition) is 1. The number of nitrogens with one attached hydrogen (secondary N) is 1. The van der Waals surface area contributed by atoms with Crippen molar-refractivity contribution in [1.82, 2.24) is 9.78 Å². The SMILES string of the molecule is Cc1cnn(Cc2cc(F)ccc2F)c1NC(=O)c1cccc(C#N)c1. The minimum absolute atomic E-state index is 0.0364. The number of amides is 1. The largest absolute Gasteiger partial charge is 0.307 e. The molecule has 2 aromatic carbocycles. The molecule has 0 saturated heterocycles. The summed E-state index contributed by atoms with van der Waals surface area (Å²) in [6.07, 6.45) is 1.53. The summed E-state index contributed by atoms with van der Waals surface area (Å²) in [7, 11) is 0. The van der Waals surface area contributed by atoms with E-state index in [1.54, 1.807) is 25.1 Å². The van der Waals surface area contributed by atoms with Gasteiger partial charge in [-0.3, -0.25) is 4.79 Å². The number of nitrogens with zero attached hydrogens (tertiary/aromatic N) is 3. The Labute approximate surface area is 148 Å². The number of aromatic nitrogens is 2. The molecule has 130 valence electrons. The first-order valence-corrected chi connectivity index (χ1v) is 7.76. The van der Waals surface area contributed by atoms with Crippen molar-refractivity contribution in [2.24, 2.45) is 0 Å². The topological polar surface area (TPSA) is 70.7 Å². The first-order valence-electron chi connectivity index (χ1n) is 7.76. The van der Waals surface area contributed by atoms with Gasteiger partial charge in [-0.15, -0.1) is 0 Å². The van der Waals surface area contributed by atoms with Crippen LogP contribution in [0.2, 0.25) is 0 Å². The van der Waals surface area contributed by atoms with E-state index in [1.165, 1.54) is 16.9 Å². The third-order valence-electron chi connectivity index (χ3n) is 3.84. The van der Waals surface area contributed by atoms with Crippen LogP contribution in [0.4, 0.5) is 14.6 Å². The molecule has 1 N–H and O–H groups in total. The van der Waals surface area contributed by atoms with E-state index >= 15 is 0 Å². The zero-order chi connectivity index (χ0) is 18.7. The Morgan fingerprint density at radius 3 is 2.85 bits per heavy atom. The maximum Gasteiger partial charge on any atom is 0.256 e. The van der Waals surface area contributed by atoms with Crippen LogP contribution in [-0.4, -0.2) is 15.7 Å². The maximum absolute atomic E-state index is 13.9. The summed E-state index contributed by atoms with van der Waals surface area (Å²) < 4.78 is 28.6. The Hall–Kier alpha value is -3.53. The molecule has 0 saturated carbocycles. The van der Waals surface area contributed by atoms with Crippen molar-refractivity contribution in [3.05, 3.63) is 82.5 Å². The van der Waals surface area contributed by atoms with Gasteiger partial charge in [0.25, 0.3) is 5.91 Å². The van der Waals surface area contributed by atoms with Crippen molar-refractivity contribution in [2.45, 2.75) is 13.5 Å². The van der Waals surface area contributed by atoms with E-state index in [-0.39, 0.29) is 12.1 Å². The molecule has 0 aliphatic carbocycles. The van der Waals surface area contributed by atoms with Crippen molar-refractivity contribution < 1.29 is 13.6 Å². The molecule has 1 aromatic heterocycles. The summed E-state index contributed by atoms with van der Waals surface area (Å²) in [4.78, 5) is 12.5.